The molecule has 0 heterocycles. The summed E-state index contributed by atoms with van der Waals surface area (Å²) < 4.78 is 18.9. The fourth-order valence-electron chi connectivity index (χ4n) is 1.45. The van der Waals surface area contributed by atoms with Crippen molar-refractivity contribution >= 4 is 15.9 Å². The van der Waals surface area contributed by atoms with Crippen molar-refractivity contribution in [3.63, 3.8) is 0 Å². The summed E-state index contributed by atoms with van der Waals surface area (Å²) in [6, 6.07) is 3.14. The van der Waals surface area contributed by atoms with Gasteiger partial charge in [-0.05, 0) is 40.4 Å². The lowest BCUT2D eigenvalue weighted by Gasteiger charge is -2.13. The maximum atomic E-state index is 13.4. The molecule has 1 aromatic rings. The second-order valence-corrected chi connectivity index (χ2v) is 4.42. The van der Waals surface area contributed by atoms with Crippen LogP contribution in [-0.4, -0.2) is 7.11 Å². The van der Waals surface area contributed by atoms with E-state index in [1.165, 1.54) is 13.2 Å². The van der Waals surface area contributed by atoms with Crippen LogP contribution in [0.1, 0.15) is 18.4 Å². The van der Waals surface area contributed by atoms with Crippen LogP contribution in [-0.2, 0) is 5.54 Å². The molecule has 1 fully saturated rings. The minimum atomic E-state index is -0.353. The van der Waals surface area contributed by atoms with Gasteiger partial charge in [-0.25, -0.2) is 4.39 Å². The number of benzene rings is 1. The Balaban J connectivity index is 2.52. The van der Waals surface area contributed by atoms with Gasteiger partial charge in [-0.3, -0.25) is 0 Å². The molecular weight excluding hydrogens is 249 g/mol. The Kier molecular flexibility index (Phi) is 2.27. The Morgan fingerprint density at radius 1 is 1.50 bits per heavy atom. The summed E-state index contributed by atoms with van der Waals surface area (Å²) in [6.07, 6.45) is 1.80. The zero-order valence-electron chi connectivity index (χ0n) is 7.81. The van der Waals surface area contributed by atoms with Gasteiger partial charge in [0.05, 0.1) is 11.6 Å². The molecule has 2 rings (SSSR count). The first-order valence-electron chi connectivity index (χ1n) is 4.39. The Labute approximate surface area is 90.4 Å². The number of halogens is 2. The first-order chi connectivity index (χ1) is 6.57. The molecule has 1 saturated carbocycles. The summed E-state index contributed by atoms with van der Waals surface area (Å²) in [5.74, 6) is 0.188. The summed E-state index contributed by atoms with van der Waals surface area (Å²) in [5.41, 5.74) is 6.46. The lowest BCUT2D eigenvalue weighted by molar-refractivity contribution is 0.409. The van der Waals surface area contributed by atoms with Crippen LogP contribution >= 0.6 is 15.9 Å². The van der Waals surface area contributed by atoms with Crippen LogP contribution in [0.3, 0.4) is 0 Å². The SMILES string of the molecule is COc1cc(F)c(Br)c(C2(N)CC2)c1. The highest BCUT2D eigenvalue weighted by molar-refractivity contribution is 9.10. The average molecular weight is 260 g/mol. The van der Waals surface area contributed by atoms with Crippen LogP contribution in [0, 0.1) is 5.82 Å². The maximum Gasteiger partial charge on any atom is 0.141 e. The van der Waals surface area contributed by atoms with E-state index in [1.54, 1.807) is 6.07 Å². The number of rotatable bonds is 2. The van der Waals surface area contributed by atoms with Gasteiger partial charge in [0.1, 0.15) is 11.6 Å². The molecule has 0 saturated heterocycles. The lowest BCUT2D eigenvalue weighted by Crippen LogP contribution is -2.19. The fraction of sp³-hybridized carbons (Fsp3) is 0.400. The fourth-order valence-corrected chi connectivity index (χ4v) is 2.07. The van der Waals surface area contributed by atoms with E-state index in [-0.39, 0.29) is 11.4 Å². The molecule has 0 atom stereocenters. The van der Waals surface area contributed by atoms with Crippen molar-refractivity contribution in [1.82, 2.24) is 0 Å². The van der Waals surface area contributed by atoms with Gasteiger partial charge in [-0.15, -0.1) is 0 Å². The van der Waals surface area contributed by atoms with E-state index in [4.69, 9.17) is 10.5 Å². The number of ether oxygens (including phenoxy) is 1. The van der Waals surface area contributed by atoms with Crippen LogP contribution in [0.15, 0.2) is 16.6 Å². The highest BCUT2D eigenvalue weighted by Crippen LogP contribution is 2.47. The monoisotopic (exact) mass is 259 g/mol. The Bertz CT molecular complexity index is 377. The van der Waals surface area contributed by atoms with Crippen molar-refractivity contribution in [3.05, 3.63) is 28.0 Å². The van der Waals surface area contributed by atoms with Crippen LogP contribution in [0.5, 0.6) is 5.75 Å². The molecule has 76 valence electrons. The predicted molar refractivity (Wildman–Crippen MR) is 55.8 cm³/mol. The molecule has 0 unspecified atom stereocenters. The van der Waals surface area contributed by atoms with Crippen LogP contribution in [0.4, 0.5) is 4.39 Å². The van der Waals surface area contributed by atoms with Crippen molar-refractivity contribution < 1.29 is 9.13 Å². The molecule has 0 radical (unpaired) electrons. The predicted octanol–water partition coefficient (Wildman–Crippen LogP) is 2.54. The van der Waals surface area contributed by atoms with Crippen molar-refractivity contribution in [2.45, 2.75) is 18.4 Å². The van der Waals surface area contributed by atoms with Gasteiger partial charge in [-0.1, -0.05) is 0 Å². The Morgan fingerprint density at radius 3 is 2.64 bits per heavy atom. The normalized spacial score (nSPS) is 18.0. The molecule has 0 bridgehead atoms. The van der Waals surface area contributed by atoms with E-state index < -0.39 is 0 Å². The maximum absolute atomic E-state index is 13.4. The Hall–Kier alpha value is -0.610. The van der Waals surface area contributed by atoms with E-state index in [2.05, 4.69) is 15.9 Å². The summed E-state index contributed by atoms with van der Waals surface area (Å²) in [4.78, 5) is 0. The van der Waals surface area contributed by atoms with Gasteiger partial charge in [0.25, 0.3) is 0 Å². The zero-order chi connectivity index (χ0) is 10.3. The van der Waals surface area contributed by atoms with Gasteiger partial charge in [-0.2, -0.15) is 0 Å². The zero-order valence-corrected chi connectivity index (χ0v) is 9.40. The number of methoxy groups -OCH3 is 1. The minimum Gasteiger partial charge on any atom is -0.497 e. The molecule has 0 spiro atoms. The van der Waals surface area contributed by atoms with Gasteiger partial charge >= 0.3 is 0 Å². The first-order valence-corrected chi connectivity index (χ1v) is 5.18. The molecule has 2 nitrogen and oxygen atoms in total. The third-order valence-electron chi connectivity index (χ3n) is 2.56. The quantitative estimate of drug-likeness (QED) is 0.886. The molecule has 0 aromatic heterocycles. The molecule has 14 heavy (non-hydrogen) atoms. The smallest absolute Gasteiger partial charge is 0.141 e. The molecule has 1 aliphatic rings. The van der Waals surface area contributed by atoms with E-state index >= 15 is 0 Å². The Morgan fingerprint density at radius 2 is 2.14 bits per heavy atom. The largest absolute Gasteiger partial charge is 0.497 e. The second-order valence-electron chi connectivity index (χ2n) is 3.63. The van der Waals surface area contributed by atoms with Crippen molar-refractivity contribution in [1.29, 1.82) is 0 Å². The highest BCUT2D eigenvalue weighted by Gasteiger charge is 2.42. The third-order valence-corrected chi connectivity index (χ3v) is 3.37. The van der Waals surface area contributed by atoms with Gasteiger partial charge < -0.3 is 10.5 Å². The number of nitrogens with two attached hydrogens (primary N) is 1. The second kappa shape index (κ2) is 3.21. The molecule has 1 aliphatic carbocycles. The van der Waals surface area contributed by atoms with E-state index in [1.807, 2.05) is 0 Å². The minimum absolute atomic E-state index is 0.323. The third kappa shape index (κ3) is 1.53. The van der Waals surface area contributed by atoms with Crippen LogP contribution in [0.2, 0.25) is 0 Å². The molecule has 2 N–H and O–H groups in total. The summed E-state index contributed by atoms with van der Waals surface area (Å²) in [6.45, 7) is 0. The molecule has 4 heteroatoms. The van der Waals surface area contributed by atoms with Crippen molar-refractivity contribution in [2.75, 3.05) is 7.11 Å². The van der Waals surface area contributed by atoms with Crippen LogP contribution < -0.4 is 10.5 Å². The van der Waals surface area contributed by atoms with E-state index in [9.17, 15) is 4.39 Å². The molecule has 1 aromatic carbocycles. The lowest BCUT2D eigenvalue weighted by atomic mass is 10.1. The highest BCUT2D eigenvalue weighted by atomic mass is 79.9. The summed E-state index contributed by atoms with van der Waals surface area (Å²) in [5, 5.41) is 0. The van der Waals surface area contributed by atoms with E-state index in [0.717, 1.165) is 18.4 Å². The summed E-state index contributed by atoms with van der Waals surface area (Å²) >= 11 is 3.21. The van der Waals surface area contributed by atoms with Crippen LogP contribution in [0.25, 0.3) is 0 Å². The molecule has 0 amide bonds. The average Bonchev–Trinajstić information content (AvgIpc) is 2.89. The summed E-state index contributed by atoms with van der Waals surface area (Å²) in [7, 11) is 1.52. The molecular formula is C10H11BrFNO. The molecule has 0 aliphatic heterocycles. The van der Waals surface area contributed by atoms with Gasteiger partial charge in [0.2, 0.25) is 0 Å². The van der Waals surface area contributed by atoms with E-state index in [0.29, 0.717) is 10.2 Å². The van der Waals surface area contributed by atoms with Gasteiger partial charge in [0.15, 0.2) is 0 Å². The first kappa shape index (κ1) is 9.93. The van der Waals surface area contributed by atoms with Gasteiger partial charge in [0, 0.05) is 11.6 Å². The number of hydrogen-bond donors (Lipinski definition) is 1. The standard InChI is InChI=1S/C10H11BrFNO/c1-14-6-4-7(10(13)2-3-10)9(11)8(12)5-6/h4-5H,2-3,13H2,1H3. The van der Waals surface area contributed by atoms with Crippen molar-refractivity contribution in [3.8, 4) is 5.75 Å². The number of hydrogen-bond acceptors (Lipinski definition) is 2. The van der Waals surface area contributed by atoms with Crippen molar-refractivity contribution in [2.24, 2.45) is 5.73 Å². The topological polar surface area (TPSA) is 35.2 Å².